The third-order valence-electron chi connectivity index (χ3n) is 2.38. The first kappa shape index (κ1) is 9.03. The summed E-state index contributed by atoms with van der Waals surface area (Å²) in [4.78, 5) is 0. The van der Waals surface area contributed by atoms with E-state index in [2.05, 4.69) is 23.0 Å². The normalized spacial score (nSPS) is 23.0. The van der Waals surface area contributed by atoms with E-state index in [1.165, 1.54) is 24.1 Å². The van der Waals surface area contributed by atoms with E-state index >= 15 is 0 Å². The van der Waals surface area contributed by atoms with Crippen LogP contribution < -0.4 is 5.32 Å². The topological polar surface area (TPSA) is 21.3 Å². The Hall–Kier alpha value is -0.540. The number of hydrogen-bond acceptors (Lipinski definition) is 3. The molecule has 2 nitrogen and oxygen atoms in total. The van der Waals surface area contributed by atoms with Gasteiger partial charge in [0.25, 0.3) is 0 Å². The first-order valence-electron chi connectivity index (χ1n) is 4.73. The molecule has 0 radical (unpaired) electrons. The highest BCUT2D eigenvalue weighted by molar-refractivity contribution is 7.08. The fraction of sp³-hybridized carbons (Fsp3) is 0.600. The SMILES string of the molecule is Cc1cscc1NC1CCCOC1. The number of nitrogens with one attached hydrogen (secondary N) is 1. The van der Waals surface area contributed by atoms with Gasteiger partial charge in [-0.2, -0.15) is 0 Å². The van der Waals surface area contributed by atoms with Crippen LogP contribution in [0, 0.1) is 6.92 Å². The maximum Gasteiger partial charge on any atom is 0.0667 e. The lowest BCUT2D eigenvalue weighted by molar-refractivity contribution is 0.0876. The summed E-state index contributed by atoms with van der Waals surface area (Å²) in [5.74, 6) is 0. The molecule has 1 aromatic rings. The van der Waals surface area contributed by atoms with E-state index in [9.17, 15) is 0 Å². The quantitative estimate of drug-likeness (QED) is 0.787. The maximum absolute atomic E-state index is 5.41. The van der Waals surface area contributed by atoms with Crippen LogP contribution in [0.1, 0.15) is 18.4 Å². The van der Waals surface area contributed by atoms with E-state index in [1.807, 2.05) is 0 Å². The molecule has 1 unspecified atom stereocenters. The molecule has 0 aliphatic carbocycles. The lowest BCUT2D eigenvalue weighted by Crippen LogP contribution is -2.29. The van der Waals surface area contributed by atoms with Crippen molar-refractivity contribution >= 4 is 17.0 Å². The van der Waals surface area contributed by atoms with Crippen molar-refractivity contribution in [3.8, 4) is 0 Å². The zero-order chi connectivity index (χ0) is 9.10. The van der Waals surface area contributed by atoms with Crippen molar-refractivity contribution in [1.82, 2.24) is 0 Å². The van der Waals surface area contributed by atoms with E-state index in [0.717, 1.165) is 13.2 Å². The number of rotatable bonds is 2. The van der Waals surface area contributed by atoms with Crippen LogP contribution in [0.2, 0.25) is 0 Å². The highest BCUT2D eigenvalue weighted by Crippen LogP contribution is 2.22. The molecular formula is C10H15NOS. The Morgan fingerprint density at radius 3 is 3.08 bits per heavy atom. The van der Waals surface area contributed by atoms with Crippen molar-refractivity contribution < 1.29 is 4.74 Å². The minimum atomic E-state index is 0.516. The van der Waals surface area contributed by atoms with E-state index in [1.54, 1.807) is 11.3 Å². The largest absolute Gasteiger partial charge is 0.379 e. The van der Waals surface area contributed by atoms with Crippen LogP contribution in [0.4, 0.5) is 5.69 Å². The molecule has 0 bridgehead atoms. The van der Waals surface area contributed by atoms with Gasteiger partial charge in [-0.1, -0.05) is 0 Å². The van der Waals surface area contributed by atoms with Crippen LogP contribution in [0.25, 0.3) is 0 Å². The Bertz CT molecular complexity index is 266. The molecule has 1 N–H and O–H groups in total. The van der Waals surface area contributed by atoms with Gasteiger partial charge in [-0.05, 0) is 30.7 Å². The number of anilines is 1. The highest BCUT2D eigenvalue weighted by Gasteiger charge is 2.14. The summed E-state index contributed by atoms with van der Waals surface area (Å²) in [7, 11) is 0. The Morgan fingerprint density at radius 2 is 2.46 bits per heavy atom. The number of ether oxygens (including phenoxy) is 1. The van der Waals surface area contributed by atoms with E-state index in [4.69, 9.17) is 4.74 Å². The molecule has 3 heteroatoms. The van der Waals surface area contributed by atoms with Crippen LogP contribution in [0.5, 0.6) is 0 Å². The monoisotopic (exact) mass is 197 g/mol. The predicted molar refractivity (Wildman–Crippen MR) is 56.5 cm³/mol. The highest BCUT2D eigenvalue weighted by atomic mass is 32.1. The number of thiophene rings is 1. The molecule has 2 rings (SSSR count). The second kappa shape index (κ2) is 4.11. The van der Waals surface area contributed by atoms with E-state index in [-0.39, 0.29) is 0 Å². The van der Waals surface area contributed by atoms with E-state index in [0.29, 0.717) is 6.04 Å². The zero-order valence-corrected chi connectivity index (χ0v) is 8.69. The molecule has 13 heavy (non-hydrogen) atoms. The van der Waals surface area contributed by atoms with Gasteiger partial charge in [0.1, 0.15) is 0 Å². The molecule has 1 saturated heterocycles. The van der Waals surface area contributed by atoms with Gasteiger partial charge in [0.05, 0.1) is 6.61 Å². The van der Waals surface area contributed by atoms with Gasteiger partial charge in [-0.25, -0.2) is 0 Å². The van der Waals surface area contributed by atoms with Crippen molar-refractivity contribution in [2.75, 3.05) is 18.5 Å². The number of hydrogen-bond donors (Lipinski definition) is 1. The minimum absolute atomic E-state index is 0.516. The molecule has 1 aliphatic rings. The maximum atomic E-state index is 5.41. The van der Waals surface area contributed by atoms with Crippen molar-refractivity contribution in [3.05, 3.63) is 16.3 Å². The second-order valence-electron chi connectivity index (χ2n) is 3.53. The summed E-state index contributed by atoms with van der Waals surface area (Å²) in [6.45, 7) is 3.93. The van der Waals surface area contributed by atoms with Crippen molar-refractivity contribution in [2.45, 2.75) is 25.8 Å². The molecule has 2 heterocycles. The van der Waals surface area contributed by atoms with Crippen LogP contribution in [-0.2, 0) is 4.74 Å². The van der Waals surface area contributed by atoms with Gasteiger partial charge < -0.3 is 10.1 Å². The Kier molecular flexibility index (Phi) is 2.86. The molecular weight excluding hydrogens is 182 g/mol. The molecule has 72 valence electrons. The summed E-state index contributed by atoms with van der Waals surface area (Å²) >= 11 is 1.75. The first-order valence-corrected chi connectivity index (χ1v) is 5.67. The molecule has 0 aromatic carbocycles. The standard InChI is InChI=1S/C10H15NOS/c1-8-6-13-7-10(8)11-9-3-2-4-12-5-9/h6-7,9,11H,2-5H2,1H3. The molecule has 1 aliphatic heterocycles. The number of aryl methyl sites for hydroxylation is 1. The fourth-order valence-electron chi connectivity index (χ4n) is 1.58. The summed E-state index contributed by atoms with van der Waals surface area (Å²) in [5, 5.41) is 7.86. The van der Waals surface area contributed by atoms with Gasteiger partial charge in [0, 0.05) is 23.7 Å². The molecule has 1 aromatic heterocycles. The van der Waals surface area contributed by atoms with Crippen LogP contribution in [0.15, 0.2) is 10.8 Å². The van der Waals surface area contributed by atoms with Gasteiger partial charge in [0.2, 0.25) is 0 Å². The van der Waals surface area contributed by atoms with Crippen LogP contribution >= 0.6 is 11.3 Å². The lowest BCUT2D eigenvalue weighted by atomic mass is 10.1. The average molecular weight is 197 g/mol. The van der Waals surface area contributed by atoms with Crippen LogP contribution in [-0.4, -0.2) is 19.3 Å². The van der Waals surface area contributed by atoms with Crippen LogP contribution in [0.3, 0.4) is 0 Å². The summed E-state index contributed by atoms with van der Waals surface area (Å²) in [5.41, 5.74) is 2.62. The molecule has 1 fully saturated rings. The third-order valence-corrected chi connectivity index (χ3v) is 3.24. The molecule has 0 saturated carbocycles. The zero-order valence-electron chi connectivity index (χ0n) is 7.88. The average Bonchev–Trinajstić information content (AvgIpc) is 2.54. The Morgan fingerprint density at radius 1 is 1.54 bits per heavy atom. The lowest BCUT2D eigenvalue weighted by Gasteiger charge is -2.23. The third kappa shape index (κ3) is 2.23. The van der Waals surface area contributed by atoms with Crippen molar-refractivity contribution in [1.29, 1.82) is 0 Å². The van der Waals surface area contributed by atoms with Gasteiger partial charge >= 0.3 is 0 Å². The molecule has 0 spiro atoms. The molecule has 1 atom stereocenters. The summed E-state index contributed by atoms with van der Waals surface area (Å²) in [6.07, 6.45) is 2.41. The Balaban J connectivity index is 1.93. The smallest absolute Gasteiger partial charge is 0.0667 e. The van der Waals surface area contributed by atoms with Gasteiger partial charge in [-0.15, -0.1) is 11.3 Å². The first-order chi connectivity index (χ1) is 6.36. The van der Waals surface area contributed by atoms with Gasteiger partial charge in [-0.3, -0.25) is 0 Å². The predicted octanol–water partition coefficient (Wildman–Crippen LogP) is 2.65. The van der Waals surface area contributed by atoms with Gasteiger partial charge in [0.15, 0.2) is 0 Å². The molecule has 0 amide bonds. The minimum Gasteiger partial charge on any atom is -0.379 e. The summed E-state index contributed by atoms with van der Waals surface area (Å²) in [6, 6.07) is 0.516. The van der Waals surface area contributed by atoms with Crippen molar-refractivity contribution in [2.24, 2.45) is 0 Å². The van der Waals surface area contributed by atoms with E-state index < -0.39 is 0 Å². The fourth-order valence-corrected chi connectivity index (χ4v) is 2.37. The summed E-state index contributed by atoms with van der Waals surface area (Å²) < 4.78 is 5.41. The second-order valence-corrected chi connectivity index (χ2v) is 4.27. The van der Waals surface area contributed by atoms with Crippen molar-refractivity contribution in [3.63, 3.8) is 0 Å². The Labute approximate surface area is 82.9 Å².